The fourth-order valence-electron chi connectivity index (χ4n) is 5.66. The minimum absolute atomic E-state index is 0.0454. The van der Waals surface area contributed by atoms with Crippen LogP contribution in [0.5, 0.6) is 0 Å². The molecule has 6 rings (SSSR count). The van der Waals surface area contributed by atoms with E-state index in [-0.39, 0.29) is 23.4 Å². The molecule has 0 N–H and O–H groups in total. The summed E-state index contributed by atoms with van der Waals surface area (Å²) >= 11 is 0. The molecule has 2 aliphatic heterocycles. The van der Waals surface area contributed by atoms with E-state index in [1.165, 1.54) is 48.9 Å². The fraction of sp³-hybridized carbons (Fsp3) is 0.536. The lowest BCUT2D eigenvalue weighted by atomic mass is 10.1. The topological polar surface area (TPSA) is 66.0 Å². The van der Waals surface area contributed by atoms with Crippen molar-refractivity contribution in [2.75, 3.05) is 49.7 Å². The van der Waals surface area contributed by atoms with Crippen molar-refractivity contribution < 1.29 is 18.7 Å². The maximum atomic E-state index is 15.1. The number of aromatic nitrogens is 1. The van der Waals surface area contributed by atoms with Crippen LogP contribution in [0.15, 0.2) is 30.5 Å². The minimum atomic E-state index is -0.593. The van der Waals surface area contributed by atoms with Crippen LogP contribution in [0.3, 0.4) is 0 Å². The predicted molar refractivity (Wildman–Crippen MR) is 135 cm³/mol. The number of nitrogens with zero attached hydrogens (tertiary/aromatic N) is 4. The SMILES string of the molecule is COCC1CCC(=O)N1c1ccc(C(=O)N2CCN(c3ncc(C4CC4)cc3C3CC3)CC2)c(F)c1. The van der Waals surface area contributed by atoms with Crippen LogP contribution in [0.25, 0.3) is 0 Å². The van der Waals surface area contributed by atoms with Gasteiger partial charge in [-0.3, -0.25) is 9.59 Å². The largest absolute Gasteiger partial charge is 0.383 e. The molecule has 0 bridgehead atoms. The molecule has 190 valence electrons. The van der Waals surface area contributed by atoms with Crippen LogP contribution in [0.2, 0.25) is 0 Å². The third kappa shape index (κ3) is 4.47. The Morgan fingerprint density at radius 3 is 2.47 bits per heavy atom. The van der Waals surface area contributed by atoms with Crippen molar-refractivity contribution in [3.8, 4) is 0 Å². The molecule has 3 heterocycles. The molecule has 2 aliphatic carbocycles. The number of halogens is 1. The molecule has 1 unspecified atom stereocenters. The average molecular weight is 493 g/mol. The van der Waals surface area contributed by atoms with E-state index in [0.717, 1.165) is 5.82 Å². The second-order valence-electron chi connectivity index (χ2n) is 10.6. The molecular weight excluding hydrogens is 459 g/mol. The number of anilines is 2. The highest BCUT2D eigenvalue weighted by Gasteiger charge is 2.35. The Bertz CT molecular complexity index is 1170. The zero-order valence-corrected chi connectivity index (χ0v) is 20.8. The van der Waals surface area contributed by atoms with Crippen LogP contribution >= 0.6 is 0 Å². The first-order valence-electron chi connectivity index (χ1n) is 13.2. The van der Waals surface area contributed by atoms with E-state index in [9.17, 15) is 9.59 Å². The van der Waals surface area contributed by atoms with E-state index in [1.807, 2.05) is 6.20 Å². The number of pyridine rings is 1. The molecule has 1 aromatic carbocycles. The van der Waals surface area contributed by atoms with E-state index in [4.69, 9.17) is 9.72 Å². The van der Waals surface area contributed by atoms with Gasteiger partial charge in [-0.25, -0.2) is 9.37 Å². The van der Waals surface area contributed by atoms with Gasteiger partial charge in [-0.05, 0) is 73.3 Å². The Balaban J connectivity index is 1.13. The van der Waals surface area contributed by atoms with Gasteiger partial charge in [0.2, 0.25) is 5.91 Å². The van der Waals surface area contributed by atoms with Gasteiger partial charge in [0, 0.05) is 51.6 Å². The zero-order valence-electron chi connectivity index (χ0n) is 20.8. The van der Waals surface area contributed by atoms with E-state index >= 15 is 4.39 Å². The highest BCUT2D eigenvalue weighted by Crippen LogP contribution is 2.47. The van der Waals surface area contributed by atoms with Crippen molar-refractivity contribution in [3.05, 3.63) is 53.0 Å². The summed E-state index contributed by atoms with van der Waals surface area (Å²) < 4.78 is 20.3. The molecule has 2 saturated heterocycles. The standard InChI is InChI=1S/C28H33FN4O3/c1-36-17-22-7-9-26(34)33(22)21-6-8-23(25(29)15-21)28(35)32-12-10-31(11-13-32)27-24(19-4-5-19)14-20(16-30-27)18-2-3-18/h6,8,14-16,18-19,22H,2-5,7,9-13,17H2,1H3. The molecule has 36 heavy (non-hydrogen) atoms. The summed E-state index contributed by atoms with van der Waals surface area (Å²) in [6.45, 7) is 2.82. The van der Waals surface area contributed by atoms with Gasteiger partial charge >= 0.3 is 0 Å². The number of carbonyl (C=O) groups excluding carboxylic acids is 2. The zero-order chi connectivity index (χ0) is 24.8. The molecular formula is C28H33FN4O3. The number of piperazine rings is 1. The summed E-state index contributed by atoms with van der Waals surface area (Å²) in [6, 6.07) is 6.75. The lowest BCUT2D eigenvalue weighted by molar-refractivity contribution is -0.117. The Hall–Kier alpha value is -3.00. The minimum Gasteiger partial charge on any atom is -0.383 e. The number of hydrogen-bond acceptors (Lipinski definition) is 5. The molecule has 1 aromatic heterocycles. The first-order valence-corrected chi connectivity index (χ1v) is 13.2. The van der Waals surface area contributed by atoms with Gasteiger partial charge in [0.05, 0.1) is 18.2 Å². The summed E-state index contributed by atoms with van der Waals surface area (Å²) in [5.41, 5.74) is 3.26. The fourth-order valence-corrected chi connectivity index (χ4v) is 5.66. The number of carbonyl (C=O) groups is 2. The summed E-state index contributed by atoms with van der Waals surface area (Å²) in [5.74, 6) is 1.42. The normalized spacial score (nSPS) is 22.4. The second-order valence-corrected chi connectivity index (χ2v) is 10.6. The highest BCUT2D eigenvalue weighted by molar-refractivity contribution is 5.98. The smallest absolute Gasteiger partial charge is 0.256 e. The Morgan fingerprint density at radius 1 is 1.06 bits per heavy atom. The molecule has 2 saturated carbocycles. The van der Waals surface area contributed by atoms with Crippen molar-refractivity contribution in [3.63, 3.8) is 0 Å². The maximum Gasteiger partial charge on any atom is 0.256 e. The van der Waals surface area contributed by atoms with E-state index < -0.39 is 5.82 Å². The molecule has 2 aromatic rings. The third-order valence-electron chi connectivity index (χ3n) is 7.99. The van der Waals surface area contributed by atoms with Crippen molar-refractivity contribution in [1.82, 2.24) is 9.88 Å². The van der Waals surface area contributed by atoms with E-state index in [2.05, 4.69) is 11.0 Å². The van der Waals surface area contributed by atoms with Crippen molar-refractivity contribution >= 4 is 23.3 Å². The molecule has 8 heteroatoms. The molecule has 4 fully saturated rings. The molecule has 7 nitrogen and oxygen atoms in total. The van der Waals surface area contributed by atoms with Gasteiger partial charge in [-0.2, -0.15) is 0 Å². The lowest BCUT2D eigenvalue weighted by Gasteiger charge is -2.36. The molecule has 2 amide bonds. The number of methoxy groups -OCH3 is 1. The van der Waals surface area contributed by atoms with Gasteiger partial charge in [0.15, 0.2) is 0 Å². The Kier molecular flexibility index (Phi) is 6.15. The summed E-state index contributed by atoms with van der Waals surface area (Å²) in [7, 11) is 1.59. The van der Waals surface area contributed by atoms with Crippen LogP contribution in [0, 0.1) is 5.82 Å². The Morgan fingerprint density at radius 2 is 1.81 bits per heavy atom. The van der Waals surface area contributed by atoms with Crippen LogP contribution in [-0.4, -0.2) is 67.6 Å². The summed E-state index contributed by atoms with van der Waals surface area (Å²) in [4.78, 5) is 36.0. The van der Waals surface area contributed by atoms with Crippen molar-refractivity contribution in [2.24, 2.45) is 0 Å². The molecule has 1 atom stereocenters. The van der Waals surface area contributed by atoms with E-state index in [1.54, 1.807) is 23.0 Å². The number of ether oxygens (including phenoxy) is 1. The summed E-state index contributed by atoms with van der Waals surface area (Å²) in [5, 5.41) is 0. The van der Waals surface area contributed by atoms with Gasteiger partial charge in [-0.1, -0.05) is 6.07 Å². The van der Waals surface area contributed by atoms with Crippen LogP contribution in [0.1, 0.15) is 71.8 Å². The number of hydrogen-bond donors (Lipinski definition) is 0. The van der Waals surface area contributed by atoms with Crippen molar-refractivity contribution in [2.45, 2.75) is 56.4 Å². The molecule has 0 spiro atoms. The van der Waals surface area contributed by atoms with Crippen LogP contribution < -0.4 is 9.80 Å². The monoisotopic (exact) mass is 492 g/mol. The Labute approximate surface area is 211 Å². The second kappa shape index (κ2) is 9.47. The first kappa shape index (κ1) is 23.4. The molecule has 4 aliphatic rings. The van der Waals surface area contributed by atoms with Crippen LogP contribution in [-0.2, 0) is 9.53 Å². The number of benzene rings is 1. The van der Waals surface area contributed by atoms with Gasteiger partial charge < -0.3 is 19.4 Å². The molecule has 0 radical (unpaired) electrons. The number of amides is 2. The first-order chi connectivity index (χ1) is 17.5. The van der Waals surface area contributed by atoms with Gasteiger partial charge in [0.25, 0.3) is 5.91 Å². The van der Waals surface area contributed by atoms with Gasteiger partial charge in [0.1, 0.15) is 11.6 Å². The quantitative estimate of drug-likeness (QED) is 0.583. The highest BCUT2D eigenvalue weighted by atomic mass is 19.1. The van der Waals surface area contributed by atoms with Crippen LogP contribution in [0.4, 0.5) is 15.9 Å². The van der Waals surface area contributed by atoms with Crippen molar-refractivity contribution in [1.29, 1.82) is 0 Å². The van der Waals surface area contributed by atoms with E-state index in [0.29, 0.717) is 63.2 Å². The van der Waals surface area contributed by atoms with Gasteiger partial charge in [-0.15, -0.1) is 0 Å². The summed E-state index contributed by atoms with van der Waals surface area (Å²) in [6.07, 6.45) is 8.13. The third-order valence-corrected chi connectivity index (χ3v) is 7.99. The number of rotatable bonds is 7. The maximum absolute atomic E-state index is 15.1. The predicted octanol–water partition coefficient (Wildman–Crippen LogP) is 4.08. The lowest BCUT2D eigenvalue weighted by Crippen LogP contribution is -2.49. The average Bonchev–Trinajstić information content (AvgIpc) is 3.82.